The van der Waals surface area contributed by atoms with Crippen molar-refractivity contribution in [2.24, 2.45) is 0 Å². The van der Waals surface area contributed by atoms with Crippen molar-refractivity contribution >= 4 is 0 Å². The van der Waals surface area contributed by atoms with E-state index in [0.717, 1.165) is 52.2 Å². The van der Waals surface area contributed by atoms with E-state index in [9.17, 15) is 0 Å². The molecule has 1 heterocycles. The zero-order chi connectivity index (χ0) is 15.3. The maximum atomic E-state index is 3.73. The van der Waals surface area contributed by atoms with Crippen LogP contribution in [0, 0.1) is 0 Å². The molecule has 1 unspecified atom stereocenters. The van der Waals surface area contributed by atoms with Gasteiger partial charge in [0, 0.05) is 6.04 Å². The normalized spacial score (nSPS) is 23.9. The molecular weight excluding hydrogens is 272 g/mol. The molecule has 22 heavy (non-hydrogen) atoms. The minimum Gasteiger partial charge on any atom is -0.317 e. The third kappa shape index (κ3) is 7.36. The number of rotatable bonds is 1. The molecule has 4 N–H and O–H groups in total. The van der Waals surface area contributed by atoms with Gasteiger partial charge in [-0.05, 0) is 77.1 Å². The van der Waals surface area contributed by atoms with E-state index in [-0.39, 0.29) is 0 Å². The molecule has 4 heteroatoms. The van der Waals surface area contributed by atoms with Crippen LogP contribution in [0.3, 0.4) is 0 Å². The largest absolute Gasteiger partial charge is 0.317 e. The molecule has 124 valence electrons. The first-order chi connectivity index (χ1) is 11.0. The first-order valence-electron chi connectivity index (χ1n) is 8.87. The van der Waals surface area contributed by atoms with Crippen molar-refractivity contribution in [2.75, 3.05) is 45.8 Å². The van der Waals surface area contributed by atoms with Gasteiger partial charge in [-0.25, -0.2) is 0 Å². The molecule has 0 aliphatic carbocycles. The molecule has 1 aliphatic heterocycles. The molecule has 1 aromatic carbocycles. The molecule has 1 atom stereocenters. The van der Waals surface area contributed by atoms with Crippen molar-refractivity contribution in [3.8, 4) is 0 Å². The van der Waals surface area contributed by atoms with E-state index in [4.69, 9.17) is 0 Å². The zero-order valence-corrected chi connectivity index (χ0v) is 13.7. The van der Waals surface area contributed by atoms with Crippen LogP contribution >= 0.6 is 0 Å². The Morgan fingerprint density at radius 3 is 1.82 bits per heavy atom. The molecule has 1 aromatic rings. The van der Waals surface area contributed by atoms with Crippen LogP contribution < -0.4 is 21.3 Å². The maximum absolute atomic E-state index is 3.73. The summed E-state index contributed by atoms with van der Waals surface area (Å²) in [5.41, 5.74) is 1.40. The number of hydrogen-bond acceptors (Lipinski definition) is 4. The summed E-state index contributed by atoms with van der Waals surface area (Å²) in [5, 5.41) is 14.3. The lowest BCUT2D eigenvalue weighted by atomic mass is 10.0. The molecule has 0 saturated carbocycles. The third-order valence-electron chi connectivity index (χ3n) is 4.15. The van der Waals surface area contributed by atoms with Gasteiger partial charge in [-0.15, -0.1) is 0 Å². The van der Waals surface area contributed by atoms with E-state index in [1.807, 2.05) is 0 Å². The lowest BCUT2D eigenvalue weighted by Crippen LogP contribution is -2.31. The second-order valence-electron chi connectivity index (χ2n) is 6.02. The summed E-state index contributed by atoms with van der Waals surface area (Å²) in [6, 6.07) is 11.3. The summed E-state index contributed by atoms with van der Waals surface area (Å²) < 4.78 is 0. The summed E-state index contributed by atoms with van der Waals surface area (Å²) >= 11 is 0. The Balaban J connectivity index is 1.80. The highest BCUT2D eigenvalue weighted by Crippen LogP contribution is 2.15. The average Bonchev–Trinajstić information content (AvgIpc) is 2.56. The van der Waals surface area contributed by atoms with E-state index in [1.165, 1.54) is 24.8 Å². The molecule has 1 aliphatic rings. The van der Waals surface area contributed by atoms with Gasteiger partial charge in [-0.3, -0.25) is 0 Å². The summed E-state index contributed by atoms with van der Waals surface area (Å²) in [6.07, 6.45) is 4.75. The molecular formula is C18H32N4. The van der Waals surface area contributed by atoms with Crippen LogP contribution in [0.25, 0.3) is 0 Å². The smallest absolute Gasteiger partial charge is 0.0332 e. The van der Waals surface area contributed by atoms with Crippen LogP contribution in [-0.4, -0.2) is 45.8 Å². The van der Waals surface area contributed by atoms with E-state index in [2.05, 4.69) is 51.6 Å². The van der Waals surface area contributed by atoms with E-state index >= 15 is 0 Å². The molecule has 4 nitrogen and oxygen atoms in total. The second-order valence-corrected chi connectivity index (χ2v) is 6.02. The zero-order valence-electron chi connectivity index (χ0n) is 13.7. The van der Waals surface area contributed by atoms with Gasteiger partial charge in [0.25, 0.3) is 0 Å². The van der Waals surface area contributed by atoms with Crippen molar-refractivity contribution in [1.29, 1.82) is 0 Å². The Hall–Kier alpha value is -0.940. The molecule has 0 amide bonds. The molecule has 1 saturated heterocycles. The SMILES string of the molecule is c1ccc(C2CCNCCCNCCCNCCCN2)cc1. The Morgan fingerprint density at radius 2 is 1.18 bits per heavy atom. The van der Waals surface area contributed by atoms with Crippen LogP contribution in [0.4, 0.5) is 0 Å². The van der Waals surface area contributed by atoms with Crippen molar-refractivity contribution in [2.45, 2.75) is 31.7 Å². The Labute approximate surface area is 135 Å². The Kier molecular flexibility index (Phi) is 9.19. The fourth-order valence-corrected chi connectivity index (χ4v) is 2.86. The van der Waals surface area contributed by atoms with Gasteiger partial charge in [-0.1, -0.05) is 30.3 Å². The minimum atomic E-state index is 0.458. The predicted octanol–water partition coefficient (Wildman–Crippen LogP) is 1.66. The maximum Gasteiger partial charge on any atom is 0.0332 e. The minimum absolute atomic E-state index is 0.458. The molecule has 0 radical (unpaired) electrons. The highest BCUT2D eigenvalue weighted by molar-refractivity contribution is 5.18. The van der Waals surface area contributed by atoms with Crippen LogP contribution in [0.1, 0.15) is 37.3 Å². The monoisotopic (exact) mass is 304 g/mol. The van der Waals surface area contributed by atoms with Crippen molar-refractivity contribution in [1.82, 2.24) is 21.3 Å². The summed E-state index contributed by atoms with van der Waals surface area (Å²) in [5.74, 6) is 0. The van der Waals surface area contributed by atoms with Crippen molar-refractivity contribution in [3.63, 3.8) is 0 Å². The van der Waals surface area contributed by atoms with Gasteiger partial charge >= 0.3 is 0 Å². The first kappa shape index (κ1) is 17.4. The predicted molar refractivity (Wildman–Crippen MR) is 94.3 cm³/mol. The van der Waals surface area contributed by atoms with Crippen molar-refractivity contribution < 1.29 is 0 Å². The van der Waals surface area contributed by atoms with Crippen LogP contribution in [0.2, 0.25) is 0 Å². The van der Waals surface area contributed by atoms with Gasteiger partial charge in [0.15, 0.2) is 0 Å². The average molecular weight is 304 g/mol. The highest BCUT2D eigenvalue weighted by Gasteiger charge is 2.09. The van der Waals surface area contributed by atoms with E-state index < -0.39 is 0 Å². The fraction of sp³-hybridized carbons (Fsp3) is 0.667. The summed E-state index contributed by atoms with van der Waals surface area (Å²) in [7, 11) is 0. The highest BCUT2D eigenvalue weighted by atomic mass is 14.9. The van der Waals surface area contributed by atoms with Crippen LogP contribution in [0.5, 0.6) is 0 Å². The van der Waals surface area contributed by atoms with Gasteiger partial charge in [-0.2, -0.15) is 0 Å². The number of benzene rings is 1. The lowest BCUT2D eigenvalue weighted by Gasteiger charge is -2.20. The first-order valence-corrected chi connectivity index (χ1v) is 8.87. The molecule has 0 bridgehead atoms. The molecule has 2 rings (SSSR count). The third-order valence-corrected chi connectivity index (χ3v) is 4.15. The summed E-state index contributed by atoms with van der Waals surface area (Å²) in [6.45, 7) is 7.72. The number of hydrogen-bond donors (Lipinski definition) is 4. The standard InChI is InChI=1S/C18H32N4/c1-2-7-17(8-3-1)18-9-16-21-13-5-12-19-10-4-11-20-14-6-15-22-18/h1-3,7-8,18-22H,4-6,9-16H2. The lowest BCUT2D eigenvalue weighted by molar-refractivity contribution is 0.460. The summed E-state index contributed by atoms with van der Waals surface area (Å²) in [4.78, 5) is 0. The van der Waals surface area contributed by atoms with E-state index in [1.54, 1.807) is 0 Å². The van der Waals surface area contributed by atoms with Gasteiger partial charge in [0.1, 0.15) is 0 Å². The van der Waals surface area contributed by atoms with Crippen molar-refractivity contribution in [3.05, 3.63) is 35.9 Å². The molecule has 0 spiro atoms. The topological polar surface area (TPSA) is 48.1 Å². The van der Waals surface area contributed by atoms with E-state index in [0.29, 0.717) is 6.04 Å². The quantitative estimate of drug-likeness (QED) is 0.637. The molecule has 0 aromatic heterocycles. The Bertz CT molecular complexity index is 353. The van der Waals surface area contributed by atoms with Gasteiger partial charge in [0.2, 0.25) is 0 Å². The van der Waals surface area contributed by atoms with Gasteiger partial charge in [0.05, 0.1) is 0 Å². The molecule has 1 fully saturated rings. The second kappa shape index (κ2) is 11.6. The Morgan fingerprint density at radius 1 is 0.636 bits per heavy atom. The van der Waals surface area contributed by atoms with Crippen LogP contribution in [0.15, 0.2) is 30.3 Å². The number of nitrogens with one attached hydrogen (secondary N) is 4. The van der Waals surface area contributed by atoms with Crippen LogP contribution in [-0.2, 0) is 0 Å². The van der Waals surface area contributed by atoms with Gasteiger partial charge < -0.3 is 21.3 Å². The fourth-order valence-electron chi connectivity index (χ4n) is 2.86.